The molecule has 20 heavy (non-hydrogen) atoms. The first-order valence-corrected chi connectivity index (χ1v) is 8.27. The molecule has 0 unspecified atom stereocenters. The third-order valence-corrected chi connectivity index (χ3v) is 3.79. The summed E-state index contributed by atoms with van der Waals surface area (Å²) >= 11 is 3.35. The molecule has 1 aromatic carbocycles. The van der Waals surface area contributed by atoms with E-state index in [9.17, 15) is 4.79 Å². The zero-order valence-electron chi connectivity index (χ0n) is 12.3. The van der Waals surface area contributed by atoms with Gasteiger partial charge < -0.3 is 11.1 Å². The van der Waals surface area contributed by atoms with Gasteiger partial charge in [-0.15, -0.1) is 0 Å². The quantitative estimate of drug-likeness (QED) is 0.484. The summed E-state index contributed by atoms with van der Waals surface area (Å²) < 4.78 is 0.917. The molecular formula is C16H25BrN2O. The number of benzene rings is 1. The maximum Gasteiger partial charge on any atom is 0.224 e. The number of hydrogen-bond donors (Lipinski definition) is 2. The van der Waals surface area contributed by atoms with Gasteiger partial charge in [-0.25, -0.2) is 0 Å². The van der Waals surface area contributed by atoms with Crippen molar-refractivity contribution in [2.45, 2.75) is 58.3 Å². The molecule has 0 aliphatic carbocycles. The summed E-state index contributed by atoms with van der Waals surface area (Å²) in [6.07, 6.45) is 9.09. The van der Waals surface area contributed by atoms with Crippen molar-refractivity contribution >= 4 is 33.2 Å². The molecule has 4 heteroatoms. The van der Waals surface area contributed by atoms with E-state index in [4.69, 9.17) is 5.73 Å². The number of nitrogen functional groups attached to an aromatic ring is 1. The molecule has 0 spiro atoms. The van der Waals surface area contributed by atoms with E-state index in [0.717, 1.165) is 17.3 Å². The van der Waals surface area contributed by atoms with E-state index in [1.165, 1.54) is 32.1 Å². The van der Waals surface area contributed by atoms with Gasteiger partial charge in [0.15, 0.2) is 0 Å². The minimum absolute atomic E-state index is 0.0487. The van der Waals surface area contributed by atoms with Crippen LogP contribution in [0.2, 0.25) is 0 Å². The van der Waals surface area contributed by atoms with Crippen molar-refractivity contribution in [3.63, 3.8) is 0 Å². The third kappa shape index (κ3) is 6.94. The molecule has 0 bridgehead atoms. The average molecular weight is 341 g/mol. The minimum atomic E-state index is 0.0487. The Labute approximate surface area is 130 Å². The lowest BCUT2D eigenvalue weighted by molar-refractivity contribution is -0.116. The molecule has 0 fully saturated rings. The molecule has 0 saturated heterocycles. The van der Waals surface area contributed by atoms with E-state index >= 15 is 0 Å². The van der Waals surface area contributed by atoms with Crippen molar-refractivity contribution in [3.8, 4) is 0 Å². The lowest BCUT2D eigenvalue weighted by Gasteiger charge is -2.08. The minimum Gasteiger partial charge on any atom is -0.397 e. The van der Waals surface area contributed by atoms with E-state index in [0.29, 0.717) is 17.8 Å². The molecular weight excluding hydrogens is 316 g/mol. The monoisotopic (exact) mass is 340 g/mol. The third-order valence-electron chi connectivity index (χ3n) is 3.30. The largest absolute Gasteiger partial charge is 0.397 e. The van der Waals surface area contributed by atoms with Crippen molar-refractivity contribution in [3.05, 3.63) is 22.7 Å². The SMILES string of the molecule is CCCCCCCCCC(=O)Nc1ccc(Br)cc1N. The molecule has 3 N–H and O–H groups in total. The van der Waals surface area contributed by atoms with Crippen LogP contribution in [0.3, 0.4) is 0 Å². The molecule has 1 amide bonds. The van der Waals surface area contributed by atoms with Crippen molar-refractivity contribution in [2.75, 3.05) is 11.1 Å². The van der Waals surface area contributed by atoms with Gasteiger partial charge in [-0.05, 0) is 24.6 Å². The Morgan fingerprint density at radius 1 is 1.15 bits per heavy atom. The van der Waals surface area contributed by atoms with Crippen LogP contribution in [0.4, 0.5) is 11.4 Å². The maximum absolute atomic E-state index is 11.8. The van der Waals surface area contributed by atoms with Crippen LogP contribution in [0, 0.1) is 0 Å². The van der Waals surface area contributed by atoms with Gasteiger partial charge in [0.2, 0.25) is 5.91 Å². The Hall–Kier alpha value is -1.03. The van der Waals surface area contributed by atoms with Crippen LogP contribution in [0.25, 0.3) is 0 Å². The van der Waals surface area contributed by atoms with Crippen LogP contribution >= 0.6 is 15.9 Å². The van der Waals surface area contributed by atoms with Crippen molar-refractivity contribution < 1.29 is 4.79 Å². The van der Waals surface area contributed by atoms with E-state index < -0.39 is 0 Å². The highest BCUT2D eigenvalue weighted by Gasteiger charge is 2.05. The second-order valence-electron chi connectivity index (χ2n) is 5.15. The first-order chi connectivity index (χ1) is 9.63. The van der Waals surface area contributed by atoms with E-state index in [2.05, 4.69) is 28.2 Å². The molecule has 0 radical (unpaired) electrons. The zero-order chi connectivity index (χ0) is 14.8. The number of hydrogen-bond acceptors (Lipinski definition) is 2. The number of amides is 1. The lowest BCUT2D eigenvalue weighted by Crippen LogP contribution is -2.12. The first kappa shape index (κ1) is 17.0. The molecule has 1 aromatic rings. The second kappa shape index (κ2) is 9.81. The van der Waals surface area contributed by atoms with Crippen LogP contribution in [-0.4, -0.2) is 5.91 Å². The fraction of sp³-hybridized carbons (Fsp3) is 0.562. The Balaban J connectivity index is 2.17. The number of carbonyl (C=O) groups excluding carboxylic acids is 1. The molecule has 3 nitrogen and oxygen atoms in total. The number of carbonyl (C=O) groups is 1. The van der Waals surface area contributed by atoms with Gasteiger partial charge in [0.05, 0.1) is 11.4 Å². The zero-order valence-corrected chi connectivity index (χ0v) is 13.8. The van der Waals surface area contributed by atoms with Crippen molar-refractivity contribution in [1.29, 1.82) is 0 Å². The number of rotatable bonds is 9. The molecule has 1 rings (SSSR count). The average Bonchev–Trinajstić information content (AvgIpc) is 2.41. The maximum atomic E-state index is 11.8. The summed E-state index contributed by atoms with van der Waals surface area (Å²) in [7, 11) is 0. The van der Waals surface area contributed by atoms with E-state index in [-0.39, 0.29) is 5.91 Å². The standard InChI is InChI=1S/C16H25BrN2O/c1-2-3-4-5-6-7-8-9-16(20)19-15-11-10-13(17)12-14(15)18/h10-12H,2-9,18H2,1H3,(H,19,20). The highest BCUT2D eigenvalue weighted by Crippen LogP contribution is 2.23. The summed E-state index contributed by atoms with van der Waals surface area (Å²) in [4.78, 5) is 11.8. The summed E-state index contributed by atoms with van der Waals surface area (Å²) in [5.74, 6) is 0.0487. The molecule has 112 valence electrons. The van der Waals surface area contributed by atoms with E-state index in [1.54, 1.807) is 6.07 Å². The molecule has 0 aromatic heterocycles. The topological polar surface area (TPSA) is 55.1 Å². The van der Waals surface area contributed by atoms with Gasteiger partial charge in [-0.2, -0.15) is 0 Å². The molecule has 0 aliphatic rings. The molecule has 0 heterocycles. The normalized spacial score (nSPS) is 10.5. The van der Waals surface area contributed by atoms with Gasteiger partial charge in [0, 0.05) is 10.9 Å². The summed E-state index contributed by atoms with van der Waals surface area (Å²) in [5, 5.41) is 2.86. The smallest absolute Gasteiger partial charge is 0.224 e. The predicted octanol–water partition coefficient (Wildman–Crippen LogP) is 5.11. The van der Waals surface area contributed by atoms with Crippen molar-refractivity contribution in [2.24, 2.45) is 0 Å². The number of halogens is 1. The first-order valence-electron chi connectivity index (χ1n) is 7.48. The van der Waals surface area contributed by atoms with Gasteiger partial charge in [0.25, 0.3) is 0 Å². The van der Waals surface area contributed by atoms with Crippen LogP contribution < -0.4 is 11.1 Å². The Morgan fingerprint density at radius 3 is 2.45 bits per heavy atom. The lowest BCUT2D eigenvalue weighted by atomic mass is 10.1. The van der Waals surface area contributed by atoms with Gasteiger partial charge >= 0.3 is 0 Å². The summed E-state index contributed by atoms with van der Waals surface area (Å²) in [6, 6.07) is 5.49. The van der Waals surface area contributed by atoms with Gasteiger partial charge in [-0.1, -0.05) is 61.4 Å². The molecule has 0 saturated carbocycles. The Bertz CT molecular complexity index is 421. The fourth-order valence-corrected chi connectivity index (χ4v) is 2.48. The van der Waals surface area contributed by atoms with Crippen molar-refractivity contribution in [1.82, 2.24) is 0 Å². The number of nitrogens with one attached hydrogen (secondary N) is 1. The van der Waals surface area contributed by atoms with E-state index in [1.807, 2.05) is 12.1 Å². The van der Waals surface area contributed by atoms with Crippen LogP contribution in [0.5, 0.6) is 0 Å². The molecule has 0 atom stereocenters. The van der Waals surface area contributed by atoms with Crippen LogP contribution in [-0.2, 0) is 4.79 Å². The predicted molar refractivity (Wildman–Crippen MR) is 89.8 cm³/mol. The number of anilines is 2. The Morgan fingerprint density at radius 2 is 1.80 bits per heavy atom. The van der Waals surface area contributed by atoms with Crippen LogP contribution in [0.1, 0.15) is 58.3 Å². The van der Waals surface area contributed by atoms with Crippen LogP contribution in [0.15, 0.2) is 22.7 Å². The highest BCUT2D eigenvalue weighted by molar-refractivity contribution is 9.10. The molecule has 0 aliphatic heterocycles. The van der Waals surface area contributed by atoms with Gasteiger partial charge in [-0.3, -0.25) is 4.79 Å². The fourth-order valence-electron chi connectivity index (χ4n) is 2.10. The highest BCUT2D eigenvalue weighted by atomic mass is 79.9. The second-order valence-corrected chi connectivity index (χ2v) is 6.07. The summed E-state index contributed by atoms with van der Waals surface area (Å²) in [6.45, 7) is 2.22. The Kier molecular flexibility index (Phi) is 8.35. The van der Waals surface area contributed by atoms with Gasteiger partial charge in [0.1, 0.15) is 0 Å². The summed E-state index contributed by atoms with van der Waals surface area (Å²) in [5.41, 5.74) is 7.13. The number of unbranched alkanes of at least 4 members (excludes halogenated alkanes) is 6. The number of nitrogens with two attached hydrogens (primary N) is 1.